The highest BCUT2D eigenvalue weighted by Crippen LogP contribution is 2.45. The van der Waals surface area contributed by atoms with Gasteiger partial charge in [-0.05, 0) is 97.5 Å². The van der Waals surface area contributed by atoms with Crippen LogP contribution in [0.25, 0.3) is 11.1 Å². The summed E-state index contributed by atoms with van der Waals surface area (Å²) < 4.78 is 35.7. The number of hydrogen-bond donors (Lipinski definition) is 1. The largest absolute Gasteiger partial charge is 0.486 e. The van der Waals surface area contributed by atoms with Gasteiger partial charge in [-0.3, -0.25) is 4.79 Å². The average molecular weight is 449 g/mol. The molecule has 0 aromatic heterocycles. The van der Waals surface area contributed by atoms with Crippen LogP contribution in [0.1, 0.15) is 60.0 Å². The van der Waals surface area contributed by atoms with Gasteiger partial charge in [0.15, 0.2) is 0 Å². The number of aryl methyl sites for hydroxylation is 2. The van der Waals surface area contributed by atoms with Gasteiger partial charge in [-0.25, -0.2) is 8.78 Å². The summed E-state index contributed by atoms with van der Waals surface area (Å²) in [5.41, 5.74) is 4.16. The van der Waals surface area contributed by atoms with E-state index in [2.05, 4.69) is 0 Å². The molecule has 0 amide bonds. The van der Waals surface area contributed by atoms with E-state index in [0.717, 1.165) is 41.5 Å². The van der Waals surface area contributed by atoms with E-state index in [9.17, 15) is 14.3 Å². The standard InChI is InChI=1S/C28H26F2O3/c1-16-5-9-25(29)23(11-16)24-13-19-8-10-27(22(19)14-26(24)30)33-20-4-2-3-18(12-20)21(15-28(31)32)17-6-7-17/h2-5,9,11-14,17,21,27H,6-8,10,15H2,1H3,(H,31,32)/t21-,27+/m0/s1. The lowest BCUT2D eigenvalue weighted by atomic mass is 9.91. The fourth-order valence-corrected chi connectivity index (χ4v) is 4.99. The van der Waals surface area contributed by atoms with Crippen molar-refractivity contribution >= 4 is 5.97 Å². The third-order valence-electron chi connectivity index (χ3n) is 6.81. The summed E-state index contributed by atoms with van der Waals surface area (Å²) in [4.78, 5) is 11.3. The van der Waals surface area contributed by atoms with Gasteiger partial charge in [-0.15, -0.1) is 0 Å². The lowest BCUT2D eigenvalue weighted by Gasteiger charge is -2.19. The molecular formula is C28H26F2O3. The Balaban J connectivity index is 1.40. The van der Waals surface area contributed by atoms with Gasteiger partial charge in [-0.1, -0.05) is 23.8 Å². The van der Waals surface area contributed by atoms with Crippen LogP contribution in [0, 0.1) is 24.5 Å². The van der Waals surface area contributed by atoms with Gasteiger partial charge >= 0.3 is 5.97 Å². The van der Waals surface area contributed by atoms with E-state index in [-0.39, 0.29) is 29.6 Å². The predicted octanol–water partition coefficient (Wildman–Crippen LogP) is 6.97. The number of benzene rings is 3. The highest BCUT2D eigenvalue weighted by atomic mass is 19.1. The zero-order valence-electron chi connectivity index (χ0n) is 18.5. The summed E-state index contributed by atoms with van der Waals surface area (Å²) in [7, 11) is 0. The van der Waals surface area contributed by atoms with Crippen molar-refractivity contribution in [3.63, 3.8) is 0 Å². The molecule has 0 aliphatic heterocycles. The van der Waals surface area contributed by atoms with Crippen LogP contribution in [0.15, 0.2) is 54.6 Å². The van der Waals surface area contributed by atoms with Gasteiger partial charge < -0.3 is 9.84 Å². The Bertz CT molecular complexity index is 1220. The van der Waals surface area contributed by atoms with E-state index in [1.165, 1.54) is 12.1 Å². The first kappa shape index (κ1) is 21.6. The number of rotatable bonds is 7. The van der Waals surface area contributed by atoms with Crippen LogP contribution in [0.5, 0.6) is 5.75 Å². The molecule has 0 unspecified atom stereocenters. The zero-order valence-corrected chi connectivity index (χ0v) is 18.5. The topological polar surface area (TPSA) is 46.5 Å². The summed E-state index contributed by atoms with van der Waals surface area (Å²) in [6.07, 6.45) is 3.37. The van der Waals surface area contributed by atoms with Crippen LogP contribution in [-0.2, 0) is 11.2 Å². The van der Waals surface area contributed by atoms with Gasteiger partial charge in [0.2, 0.25) is 0 Å². The number of carboxylic acids is 1. The predicted molar refractivity (Wildman–Crippen MR) is 122 cm³/mol. The molecule has 0 saturated heterocycles. The Morgan fingerprint density at radius 2 is 1.82 bits per heavy atom. The van der Waals surface area contributed by atoms with Gasteiger partial charge in [0.1, 0.15) is 23.5 Å². The Morgan fingerprint density at radius 3 is 2.58 bits per heavy atom. The number of fused-ring (bicyclic) bond motifs is 1. The SMILES string of the molecule is Cc1ccc(F)c(-c2cc3c(cc2F)[C@H](Oc2cccc([C@@H](CC(=O)O)C4CC4)c2)CC3)c1. The normalized spacial score (nSPS) is 18.1. The first-order valence-electron chi connectivity index (χ1n) is 11.5. The van der Waals surface area contributed by atoms with Crippen LogP contribution >= 0.6 is 0 Å². The lowest BCUT2D eigenvalue weighted by Crippen LogP contribution is -2.09. The molecule has 170 valence electrons. The monoisotopic (exact) mass is 448 g/mol. The van der Waals surface area contributed by atoms with Crippen LogP contribution < -0.4 is 4.74 Å². The van der Waals surface area contributed by atoms with Crippen molar-refractivity contribution in [1.29, 1.82) is 0 Å². The fourth-order valence-electron chi connectivity index (χ4n) is 4.99. The molecular weight excluding hydrogens is 422 g/mol. The molecule has 1 saturated carbocycles. The summed E-state index contributed by atoms with van der Waals surface area (Å²) in [5, 5.41) is 9.30. The number of halogens is 2. The maximum absolute atomic E-state index is 15.1. The van der Waals surface area contributed by atoms with E-state index in [4.69, 9.17) is 4.74 Å². The molecule has 0 radical (unpaired) electrons. The Morgan fingerprint density at radius 1 is 1.03 bits per heavy atom. The van der Waals surface area contributed by atoms with Crippen molar-refractivity contribution in [3.05, 3.63) is 88.5 Å². The van der Waals surface area contributed by atoms with Gasteiger partial charge in [0, 0.05) is 11.1 Å². The third-order valence-corrected chi connectivity index (χ3v) is 6.81. The second-order valence-corrected chi connectivity index (χ2v) is 9.27. The summed E-state index contributed by atoms with van der Waals surface area (Å²) in [6.45, 7) is 1.86. The van der Waals surface area contributed by atoms with E-state index in [0.29, 0.717) is 18.1 Å². The molecule has 0 bridgehead atoms. The van der Waals surface area contributed by atoms with Crippen LogP contribution in [0.3, 0.4) is 0 Å². The van der Waals surface area contributed by atoms with E-state index < -0.39 is 17.6 Å². The first-order valence-corrected chi connectivity index (χ1v) is 11.5. The minimum absolute atomic E-state index is 0.00820. The van der Waals surface area contributed by atoms with Crippen molar-refractivity contribution in [3.8, 4) is 16.9 Å². The van der Waals surface area contributed by atoms with E-state index >= 15 is 4.39 Å². The number of carbonyl (C=O) groups is 1. The molecule has 2 aliphatic carbocycles. The second-order valence-electron chi connectivity index (χ2n) is 9.27. The molecule has 5 heteroatoms. The second kappa shape index (κ2) is 8.62. The fraction of sp³-hybridized carbons (Fsp3) is 0.321. The highest BCUT2D eigenvalue weighted by molar-refractivity contribution is 5.69. The van der Waals surface area contributed by atoms with Crippen molar-refractivity contribution in [2.75, 3.05) is 0 Å². The zero-order chi connectivity index (χ0) is 23.1. The molecule has 2 atom stereocenters. The molecule has 5 rings (SSSR count). The summed E-state index contributed by atoms with van der Waals surface area (Å²) >= 11 is 0. The van der Waals surface area contributed by atoms with Gasteiger partial charge in [0.25, 0.3) is 0 Å². The smallest absolute Gasteiger partial charge is 0.303 e. The van der Waals surface area contributed by atoms with Gasteiger partial charge in [0.05, 0.1) is 6.42 Å². The Kier molecular flexibility index (Phi) is 5.65. The summed E-state index contributed by atoms with van der Waals surface area (Å²) in [5.74, 6) is -0.620. The molecule has 3 aromatic carbocycles. The molecule has 2 aliphatic rings. The quantitative estimate of drug-likeness (QED) is 0.424. The van der Waals surface area contributed by atoms with Crippen molar-refractivity contribution < 1.29 is 23.4 Å². The minimum atomic E-state index is -0.792. The van der Waals surface area contributed by atoms with E-state index in [1.54, 1.807) is 18.2 Å². The van der Waals surface area contributed by atoms with Gasteiger partial charge in [-0.2, -0.15) is 0 Å². The number of aliphatic carboxylic acids is 1. The first-order chi connectivity index (χ1) is 15.9. The number of ether oxygens (including phenoxy) is 1. The Hall–Kier alpha value is -3.21. The Labute approximate surface area is 192 Å². The van der Waals surface area contributed by atoms with Crippen LogP contribution in [0.2, 0.25) is 0 Å². The lowest BCUT2D eigenvalue weighted by molar-refractivity contribution is -0.137. The number of hydrogen-bond acceptors (Lipinski definition) is 2. The molecule has 3 aromatic rings. The molecule has 0 spiro atoms. The van der Waals surface area contributed by atoms with Crippen LogP contribution in [-0.4, -0.2) is 11.1 Å². The molecule has 3 nitrogen and oxygen atoms in total. The average Bonchev–Trinajstić information content (AvgIpc) is 3.56. The van der Waals surface area contributed by atoms with Crippen molar-refractivity contribution in [2.45, 2.75) is 51.0 Å². The third kappa shape index (κ3) is 4.50. The molecule has 0 heterocycles. The maximum atomic E-state index is 15.1. The van der Waals surface area contributed by atoms with Crippen LogP contribution in [0.4, 0.5) is 8.78 Å². The molecule has 1 N–H and O–H groups in total. The minimum Gasteiger partial charge on any atom is -0.486 e. The van der Waals surface area contributed by atoms with Crippen molar-refractivity contribution in [1.82, 2.24) is 0 Å². The van der Waals surface area contributed by atoms with Crippen molar-refractivity contribution in [2.24, 2.45) is 5.92 Å². The number of carboxylic acid groups (broad SMARTS) is 1. The maximum Gasteiger partial charge on any atom is 0.303 e. The summed E-state index contributed by atoms with van der Waals surface area (Å²) in [6, 6.07) is 15.6. The highest BCUT2D eigenvalue weighted by Gasteiger charge is 2.34. The van der Waals surface area contributed by atoms with E-state index in [1.807, 2.05) is 31.2 Å². The molecule has 1 fully saturated rings. The molecule has 33 heavy (non-hydrogen) atoms.